The number of anilines is 2. The summed E-state index contributed by atoms with van der Waals surface area (Å²) >= 11 is 12.5. The van der Waals surface area contributed by atoms with Gasteiger partial charge in [0, 0.05) is 46.0 Å². The van der Waals surface area contributed by atoms with Crippen LogP contribution in [0.15, 0.2) is 42.6 Å². The van der Waals surface area contributed by atoms with Crippen LogP contribution in [-0.2, 0) is 18.5 Å². The summed E-state index contributed by atoms with van der Waals surface area (Å²) in [5.41, 5.74) is 4.52. The van der Waals surface area contributed by atoms with E-state index in [-0.39, 0.29) is 30.5 Å². The van der Waals surface area contributed by atoms with E-state index in [1.54, 1.807) is 18.2 Å². The number of amides is 1. The number of nitrogens with zero attached hydrogens (tertiary/aromatic N) is 3. The van der Waals surface area contributed by atoms with Crippen LogP contribution in [-0.4, -0.2) is 34.1 Å². The highest BCUT2D eigenvalue weighted by atomic mass is 35.5. The highest BCUT2D eigenvalue weighted by molar-refractivity contribution is 6.36. The quantitative estimate of drug-likeness (QED) is 0.549. The van der Waals surface area contributed by atoms with Crippen molar-refractivity contribution in [1.29, 1.82) is 0 Å². The van der Waals surface area contributed by atoms with Gasteiger partial charge in [-0.1, -0.05) is 49.2 Å². The molecule has 170 valence electrons. The number of hydrogen-bond donors (Lipinski definition) is 2. The molecule has 7 nitrogen and oxygen atoms in total. The normalized spacial score (nSPS) is 16.6. The molecule has 0 spiro atoms. The Kier molecular flexibility index (Phi) is 5.64. The van der Waals surface area contributed by atoms with E-state index in [1.165, 1.54) is 22.2 Å². The van der Waals surface area contributed by atoms with Crippen molar-refractivity contribution in [2.45, 2.75) is 32.4 Å². The average Bonchev–Trinajstić information content (AvgIpc) is 2.77. The van der Waals surface area contributed by atoms with Crippen molar-refractivity contribution in [3.8, 4) is 5.88 Å². The number of hydrogen-bond acceptors (Lipinski definition) is 6. The minimum Gasteiger partial charge on any atom is -0.455 e. The molecule has 0 fully saturated rings. The van der Waals surface area contributed by atoms with Crippen molar-refractivity contribution in [1.82, 2.24) is 20.2 Å². The first-order valence-electron chi connectivity index (χ1n) is 10.6. The second-order valence-corrected chi connectivity index (χ2v) is 9.69. The summed E-state index contributed by atoms with van der Waals surface area (Å²) in [6.45, 7) is 6.51. The molecule has 0 saturated carbocycles. The fourth-order valence-electron chi connectivity index (χ4n) is 4.25. The molecule has 33 heavy (non-hydrogen) atoms. The second kappa shape index (κ2) is 8.48. The van der Waals surface area contributed by atoms with E-state index in [9.17, 15) is 4.79 Å². The number of halogens is 2. The molecule has 2 aliphatic heterocycles. The van der Waals surface area contributed by atoms with Gasteiger partial charge in [-0.15, -0.1) is 0 Å². The molecule has 1 aromatic heterocycles. The third-order valence-corrected chi connectivity index (χ3v) is 6.72. The fraction of sp³-hybridized carbons (Fsp3) is 0.292. The van der Waals surface area contributed by atoms with Crippen LogP contribution in [0.25, 0.3) is 0 Å². The molecule has 0 atom stereocenters. The second-order valence-electron chi connectivity index (χ2n) is 8.87. The van der Waals surface area contributed by atoms with Crippen LogP contribution < -0.4 is 15.4 Å². The van der Waals surface area contributed by atoms with Crippen molar-refractivity contribution >= 4 is 40.7 Å². The van der Waals surface area contributed by atoms with Crippen molar-refractivity contribution in [2.75, 3.05) is 18.6 Å². The lowest BCUT2D eigenvalue weighted by molar-refractivity contribution is 0.0484. The summed E-state index contributed by atoms with van der Waals surface area (Å²) in [4.78, 5) is 23.3. The van der Waals surface area contributed by atoms with E-state index in [1.807, 2.05) is 6.07 Å². The zero-order chi connectivity index (χ0) is 23.2. The Morgan fingerprint density at radius 1 is 1.21 bits per heavy atom. The molecule has 0 unspecified atom stereocenters. The summed E-state index contributed by atoms with van der Waals surface area (Å²) in [6.07, 6.45) is 1.48. The van der Waals surface area contributed by atoms with Crippen LogP contribution in [0.2, 0.25) is 10.0 Å². The van der Waals surface area contributed by atoms with Gasteiger partial charge in [0.05, 0.1) is 6.54 Å². The Balaban J connectivity index is 1.34. The van der Waals surface area contributed by atoms with Gasteiger partial charge in [0.25, 0.3) is 5.91 Å². The van der Waals surface area contributed by atoms with Gasteiger partial charge in [-0.3, -0.25) is 4.79 Å². The maximum absolute atomic E-state index is 13.0. The lowest BCUT2D eigenvalue weighted by atomic mass is 9.79. The molecule has 9 heteroatoms. The number of aromatic nitrogens is 2. The van der Waals surface area contributed by atoms with E-state index in [4.69, 9.17) is 27.9 Å². The number of fused-ring (bicyclic) bond motifs is 2. The van der Waals surface area contributed by atoms with Crippen LogP contribution in [0.3, 0.4) is 0 Å². The van der Waals surface area contributed by atoms with Gasteiger partial charge in [-0.25, -0.2) is 4.98 Å². The van der Waals surface area contributed by atoms with Gasteiger partial charge in [-0.05, 0) is 35.4 Å². The van der Waals surface area contributed by atoms with Gasteiger partial charge in [0.2, 0.25) is 11.8 Å². The van der Waals surface area contributed by atoms with Gasteiger partial charge in [0.15, 0.2) is 6.73 Å². The molecule has 2 N–H and O–H groups in total. The molecule has 0 saturated heterocycles. The number of carbonyl (C=O) groups excluding carboxylic acids is 1. The van der Waals surface area contributed by atoms with Crippen molar-refractivity contribution in [3.05, 3.63) is 74.9 Å². The van der Waals surface area contributed by atoms with E-state index >= 15 is 0 Å². The van der Waals surface area contributed by atoms with Gasteiger partial charge in [-0.2, -0.15) is 4.98 Å². The maximum Gasteiger partial charge on any atom is 0.263 e. The zero-order valence-electron chi connectivity index (χ0n) is 18.3. The summed E-state index contributed by atoms with van der Waals surface area (Å²) in [7, 11) is 0. The van der Waals surface area contributed by atoms with Crippen molar-refractivity contribution < 1.29 is 9.53 Å². The van der Waals surface area contributed by atoms with E-state index in [0.717, 1.165) is 18.8 Å². The van der Waals surface area contributed by atoms with Gasteiger partial charge < -0.3 is 20.3 Å². The van der Waals surface area contributed by atoms with Crippen LogP contribution in [0.1, 0.15) is 40.9 Å². The third kappa shape index (κ3) is 4.24. The maximum atomic E-state index is 13.0. The summed E-state index contributed by atoms with van der Waals surface area (Å²) in [5, 5.41) is 7.68. The largest absolute Gasteiger partial charge is 0.455 e. The predicted molar refractivity (Wildman–Crippen MR) is 128 cm³/mol. The highest BCUT2D eigenvalue weighted by Gasteiger charge is 2.29. The molecule has 0 radical (unpaired) electrons. The van der Waals surface area contributed by atoms with Gasteiger partial charge in [0.1, 0.15) is 5.56 Å². The molecule has 3 aromatic rings. The van der Waals surface area contributed by atoms with Crippen LogP contribution in [0, 0.1) is 0 Å². The Hall–Kier alpha value is -2.87. The third-order valence-electron chi connectivity index (χ3n) is 6.01. The first-order chi connectivity index (χ1) is 15.8. The first kappa shape index (κ1) is 21.9. The van der Waals surface area contributed by atoms with E-state index in [2.05, 4.69) is 46.6 Å². The molecular weight excluding hydrogens is 461 g/mol. The van der Waals surface area contributed by atoms with E-state index in [0.29, 0.717) is 27.1 Å². The molecule has 0 aliphatic carbocycles. The predicted octanol–water partition coefficient (Wildman–Crippen LogP) is 4.90. The molecular formula is C24H23Cl2N5O2. The Labute approximate surface area is 202 Å². The van der Waals surface area contributed by atoms with Crippen LogP contribution in [0.4, 0.5) is 11.6 Å². The number of nitrogens with one attached hydrogen (secondary N) is 2. The number of ether oxygens (including phenoxy) is 1. The molecule has 0 bridgehead atoms. The zero-order valence-corrected chi connectivity index (χ0v) is 19.8. The molecule has 2 aromatic carbocycles. The fourth-order valence-corrected chi connectivity index (χ4v) is 4.77. The molecule has 3 heterocycles. The van der Waals surface area contributed by atoms with Crippen molar-refractivity contribution in [3.63, 3.8) is 0 Å². The first-order valence-corrected chi connectivity index (χ1v) is 11.4. The minimum atomic E-state index is -0.235. The van der Waals surface area contributed by atoms with Crippen LogP contribution in [0.5, 0.6) is 5.88 Å². The van der Waals surface area contributed by atoms with Crippen molar-refractivity contribution in [2.24, 2.45) is 0 Å². The topological polar surface area (TPSA) is 79.4 Å². The molecule has 2 aliphatic rings. The summed E-state index contributed by atoms with van der Waals surface area (Å²) < 4.78 is 5.77. The molecule has 5 rings (SSSR count). The average molecular weight is 484 g/mol. The van der Waals surface area contributed by atoms with E-state index < -0.39 is 0 Å². The summed E-state index contributed by atoms with van der Waals surface area (Å²) in [5.74, 6) is 0.382. The minimum absolute atomic E-state index is 0.0451. The highest BCUT2D eigenvalue weighted by Crippen LogP contribution is 2.33. The summed E-state index contributed by atoms with van der Waals surface area (Å²) in [6, 6.07) is 11.5. The Morgan fingerprint density at radius 3 is 2.79 bits per heavy atom. The number of rotatable bonds is 4. The smallest absolute Gasteiger partial charge is 0.263 e. The Bertz CT molecular complexity index is 1230. The lowest BCUT2D eigenvalue weighted by Gasteiger charge is -2.33. The van der Waals surface area contributed by atoms with Gasteiger partial charge >= 0.3 is 0 Å². The SMILES string of the molecule is CC1(C)CNCc2cc(Nc3ncc4c(n3)OCN(Cc3c(Cl)cccc3Cl)C4=O)ccc21. The van der Waals surface area contributed by atoms with Crippen LogP contribution >= 0.6 is 23.2 Å². The number of carbonyl (C=O) groups is 1. The molecule has 1 amide bonds. The lowest BCUT2D eigenvalue weighted by Crippen LogP contribution is -2.38. The number of benzene rings is 2. The Morgan fingerprint density at radius 2 is 2.00 bits per heavy atom. The monoisotopic (exact) mass is 483 g/mol. The standard InChI is InChI=1S/C24H23Cl2N5O2/c1-24(2)12-27-9-14-8-15(6-7-18(14)24)29-23-28-10-16-21(30-23)33-13-31(22(16)32)11-17-19(25)4-3-5-20(17)26/h3-8,10,27H,9,11-13H2,1-2H3,(H,28,29,30).